The molecule has 3 rings (SSSR count). The van der Waals surface area contributed by atoms with E-state index in [1.165, 1.54) is 0 Å². The topological polar surface area (TPSA) is 64.4 Å². The van der Waals surface area contributed by atoms with Crippen LogP contribution in [-0.2, 0) is 11.3 Å². The molecule has 0 aliphatic carbocycles. The molecule has 1 atom stereocenters. The van der Waals surface area contributed by atoms with Crippen LogP contribution < -0.4 is 5.32 Å². The Hall–Kier alpha value is -2.60. The first kappa shape index (κ1) is 18.2. The summed E-state index contributed by atoms with van der Waals surface area (Å²) in [5.74, 6) is 0.610. The molecule has 0 aliphatic heterocycles. The molecule has 1 aromatic heterocycles. The van der Waals surface area contributed by atoms with Crippen molar-refractivity contribution in [2.45, 2.75) is 26.5 Å². The smallest absolute Gasteiger partial charge is 0.407 e. The fourth-order valence-electron chi connectivity index (χ4n) is 2.57. The Morgan fingerprint density at radius 1 is 1.19 bits per heavy atom. The Bertz CT molecular complexity index is 876. The second-order valence-corrected chi connectivity index (χ2v) is 6.85. The van der Waals surface area contributed by atoms with Crippen LogP contribution in [0, 0.1) is 6.92 Å². The minimum atomic E-state index is -0.483. The fourth-order valence-corrected chi connectivity index (χ4v) is 2.83. The van der Waals surface area contributed by atoms with E-state index >= 15 is 0 Å². The average molecular weight is 415 g/mol. The summed E-state index contributed by atoms with van der Waals surface area (Å²) in [6, 6.07) is 17.3. The summed E-state index contributed by atoms with van der Waals surface area (Å²) in [6.07, 6.45) is -0.483. The third kappa shape index (κ3) is 4.32. The lowest BCUT2D eigenvalue weighted by Gasteiger charge is -2.14. The predicted molar refractivity (Wildman–Crippen MR) is 103 cm³/mol. The largest absolute Gasteiger partial charge is 0.444 e. The molecular formula is C20H19BrN2O3. The van der Waals surface area contributed by atoms with Gasteiger partial charge in [0.15, 0.2) is 5.76 Å². The third-order valence-corrected chi connectivity index (χ3v) is 4.60. The van der Waals surface area contributed by atoms with Gasteiger partial charge in [0, 0.05) is 10.0 Å². The highest BCUT2D eigenvalue weighted by Crippen LogP contribution is 2.28. The van der Waals surface area contributed by atoms with Gasteiger partial charge >= 0.3 is 6.09 Å². The lowest BCUT2D eigenvalue weighted by atomic mass is 10.1. The van der Waals surface area contributed by atoms with E-state index in [9.17, 15) is 4.79 Å². The molecule has 0 saturated carbocycles. The quantitative estimate of drug-likeness (QED) is 0.606. The standard InChI is InChI=1S/C20H19BrN2O3/c1-13(15-6-4-3-5-7-15)22-20(24)25-12-18-14(2)23-26-19(18)16-8-10-17(21)11-9-16/h3-11,13H,12H2,1-2H3,(H,22,24)/t13-/m0/s1. The van der Waals surface area contributed by atoms with Crippen LogP contribution in [0.5, 0.6) is 0 Å². The van der Waals surface area contributed by atoms with E-state index in [0.29, 0.717) is 11.5 Å². The molecule has 6 heteroatoms. The number of carbonyl (C=O) groups excluding carboxylic acids is 1. The van der Waals surface area contributed by atoms with Crippen molar-refractivity contribution < 1.29 is 14.1 Å². The van der Waals surface area contributed by atoms with E-state index in [4.69, 9.17) is 9.26 Å². The Kier molecular flexibility index (Phi) is 5.73. The first-order valence-corrected chi connectivity index (χ1v) is 9.03. The normalized spacial score (nSPS) is 11.8. The summed E-state index contributed by atoms with van der Waals surface area (Å²) in [4.78, 5) is 12.1. The molecule has 2 aromatic carbocycles. The van der Waals surface area contributed by atoms with Crippen molar-refractivity contribution in [1.82, 2.24) is 10.5 Å². The van der Waals surface area contributed by atoms with E-state index in [1.807, 2.05) is 68.4 Å². The number of hydrogen-bond donors (Lipinski definition) is 1. The van der Waals surface area contributed by atoms with Gasteiger partial charge in [0.1, 0.15) is 6.61 Å². The number of nitrogens with one attached hydrogen (secondary N) is 1. The molecule has 26 heavy (non-hydrogen) atoms. The molecule has 1 N–H and O–H groups in total. The number of hydrogen-bond acceptors (Lipinski definition) is 4. The van der Waals surface area contributed by atoms with Gasteiger partial charge in [-0.1, -0.05) is 63.6 Å². The predicted octanol–water partition coefficient (Wildman–Crippen LogP) is 5.40. The molecule has 0 aliphatic rings. The van der Waals surface area contributed by atoms with E-state index in [1.54, 1.807) is 0 Å². The van der Waals surface area contributed by atoms with Crippen molar-refractivity contribution in [3.05, 3.63) is 75.9 Å². The van der Waals surface area contributed by atoms with Crippen molar-refractivity contribution >= 4 is 22.0 Å². The molecule has 134 valence electrons. The first-order valence-electron chi connectivity index (χ1n) is 8.24. The van der Waals surface area contributed by atoms with Gasteiger partial charge in [-0.3, -0.25) is 0 Å². The van der Waals surface area contributed by atoms with Gasteiger partial charge in [-0.25, -0.2) is 4.79 Å². The van der Waals surface area contributed by atoms with Crippen molar-refractivity contribution in [2.75, 3.05) is 0 Å². The first-order chi connectivity index (χ1) is 12.5. The van der Waals surface area contributed by atoms with Crippen molar-refractivity contribution in [3.8, 4) is 11.3 Å². The molecule has 0 saturated heterocycles. The summed E-state index contributed by atoms with van der Waals surface area (Å²) in [6.45, 7) is 3.83. The number of carbonyl (C=O) groups is 1. The summed E-state index contributed by atoms with van der Waals surface area (Å²) < 4.78 is 11.8. The van der Waals surface area contributed by atoms with Crippen LogP contribution in [-0.4, -0.2) is 11.2 Å². The Morgan fingerprint density at radius 2 is 1.88 bits per heavy atom. The molecule has 0 bridgehead atoms. The van der Waals surface area contributed by atoms with Crippen LogP contribution in [0.1, 0.15) is 29.8 Å². The highest BCUT2D eigenvalue weighted by Gasteiger charge is 2.17. The second kappa shape index (κ2) is 8.19. The van der Waals surface area contributed by atoms with Crippen LogP contribution in [0.15, 0.2) is 63.6 Å². The van der Waals surface area contributed by atoms with Gasteiger partial charge < -0.3 is 14.6 Å². The fraction of sp³-hybridized carbons (Fsp3) is 0.200. The van der Waals surface area contributed by atoms with E-state index in [2.05, 4.69) is 26.4 Å². The highest BCUT2D eigenvalue weighted by molar-refractivity contribution is 9.10. The third-order valence-electron chi connectivity index (χ3n) is 4.07. The maximum atomic E-state index is 12.1. The maximum absolute atomic E-state index is 12.1. The number of aryl methyl sites for hydroxylation is 1. The molecule has 0 fully saturated rings. The maximum Gasteiger partial charge on any atom is 0.407 e. The molecule has 3 aromatic rings. The second-order valence-electron chi connectivity index (χ2n) is 5.94. The van der Waals surface area contributed by atoms with Crippen LogP contribution in [0.2, 0.25) is 0 Å². The van der Waals surface area contributed by atoms with Gasteiger partial charge in [-0.2, -0.15) is 0 Å². The van der Waals surface area contributed by atoms with Crippen LogP contribution in [0.3, 0.4) is 0 Å². The van der Waals surface area contributed by atoms with E-state index in [-0.39, 0.29) is 12.6 Å². The van der Waals surface area contributed by atoms with Crippen LogP contribution in [0.25, 0.3) is 11.3 Å². The van der Waals surface area contributed by atoms with Gasteiger partial charge in [0.05, 0.1) is 17.3 Å². The summed E-state index contributed by atoms with van der Waals surface area (Å²) in [7, 11) is 0. The molecular weight excluding hydrogens is 396 g/mol. The zero-order chi connectivity index (χ0) is 18.5. The number of benzene rings is 2. The summed E-state index contributed by atoms with van der Waals surface area (Å²) >= 11 is 3.41. The van der Waals surface area contributed by atoms with Crippen LogP contribution >= 0.6 is 15.9 Å². The van der Waals surface area contributed by atoms with Crippen LogP contribution in [0.4, 0.5) is 4.79 Å². The average Bonchev–Trinajstić information content (AvgIpc) is 3.02. The number of aromatic nitrogens is 1. The number of halogens is 1. The van der Waals surface area contributed by atoms with Crippen molar-refractivity contribution in [3.63, 3.8) is 0 Å². The summed E-state index contributed by atoms with van der Waals surface area (Å²) in [5, 5.41) is 6.83. The van der Waals surface area contributed by atoms with Crippen molar-refractivity contribution in [2.24, 2.45) is 0 Å². The monoisotopic (exact) mass is 414 g/mol. The lowest BCUT2D eigenvalue weighted by molar-refractivity contribution is 0.136. The number of rotatable bonds is 5. The van der Waals surface area contributed by atoms with E-state index in [0.717, 1.165) is 21.2 Å². The minimum absolute atomic E-state index is 0.0913. The Morgan fingerprint density at radius 3 is 2.58 bits per heavy atom. The molecule has 0 spiro atoms. The van der Waals surface area contributed by atoms with Gasteiger partial charge in [-0.15, -0.1) is 0 Å². The molecule has 0 radical (unpaired) electrons. The molecule has 1 heterocycles. The molecule has 0 unspecified atom stereocenters. The molecule has 1 amide bonds. The number of nitrogens with zero attached hydrogens (tertiary/aromatic N) is 1. The van der Waals surface area contributed by atoms with E-state index < -0.39 is 6.09 Å². The SMILES string of the molecule is Cc1noc(-c2ccc(Br)cc2)c1COC(=O)N[C@@H](C)c1ccccc1. The van der Waals surface area contributed by atoms with Crippen molar-refractivity contribution in [1.29, 1.82) is 0 Å². The summed E-state index contributed by atoms with van der Waals surface area (Å²) in [5.41, 5.74) is 3.35. The zero-order valence-corrected chi connectivity index (χ0v) is 16.1. The number of alkyl carbamates (subject to hydrolysis) is 1. The lowest BCUT2D eigenvalue weighted by Crippen LogP contribution is -2.27. The highest BCUT2D eigenvalue weighted by atomic mass is 79.9. The minimum Gasteiger partial charge on any atom is -0.444 e. The van der Waals surface area contributed by atoms with Gasteiger partial charge in [0.2, 0.25) is 0 Å². The number of ether oxygens (including phenoxy) is 1. The molecule has 5 nitrogen and oxygen atoms in total. The van der Waals surface area contributed by atoms with Gasteiger partial charge in [-0.05, 0) is 31.5 Å². The number of amides is 1. The Labute approximate surface area is 160 Å². The Balaban J connectivity index is 1.65. The van der Waals surface area contributed by atoms with Gasteiger partial charge in [0.25, 0.3) is 0 Å². The zero-order valence-electron chi connectivity index (χ0n) is 14.5.